The van der Waals surface area contributed by atoms with E-state index < -0.39 is 0 Å². The Balaban J connectivity index is 1.74. The molecule has 84 valence electrons. The molecule has 1 aliphatic carbocycles. The van der Waals surface area contributed by atoms with Gasteiger partial charge in [-0.3, -0.25) is 4.68 Å². The van der Waals surface area contributed by atoms with E-state index in [9.17, 15) is 0 Å². The van der Waals surface area contributed by atoms with Gasteiger partial charge < -0.3 is 5.32 Å². The van der Waals surface area contributed by atoms with Crippen LogP contribution in [0.15, 0.2) is 6.20 Å². The lowest BCUT2D eigenvalue weighted by atomic mass is 9.95. The van der Waals surface area contributed by atoms with E-state index in [0.717, 1.165) is 25.1 Å². The summed E-state index contributed by atoms with van der Waals surface area (Å²) >= 11 is 6.05. The van der Waals surface area contributed by atoms with Gasteiger partial charge in [0.2, 0.25) is 0 Å². The quantitative estimate of drug-likeness (QED) is 0.797. The van der Waals surface area contributed by atoms with Gasteiger partial charge in [-0.25, -0.2) is 0 Å². The third-order valence-corrected chi connectivity index (χ3v) is 3.32. The number of nitrogens with zero attached hydrogens (tertiary/aromatic N) is 3. The maximum atomic E-state index is 6.05. The summed E-state index contributed by atoms with van der Waals surface area (Å²) in [7, 11) is 1.88. The smallest absolute Gasteiger partial charge is 0.0964 e. The topological polar surface area (TPSA) is 42.7 Å². The maximum absolute atomic E-state index is 6.05. The summed E-state index contributed by atoms with van der Waals surface area (Å²) in [6, 6.07) is 0.599. The number of aromatic nitrogens is 3. The van der Waals surface area contributed by atoms with Crippen molar-refractivity contribution in [3.8, 4) is 0 Å². The van der Waals surface area contributed by atoms with Gasteiger partial charge in [-0.2, -0.15) is 0 Å². The normalized spacial score (nSPS) is 26.8. The molecular weight excluding hydrogens is 212 g/mol. The van der Waals surface area contributed by atoms with Crippen molar-refractivity contribution in [3.05, 3.63) is 11.9 Å². The molecule has 5 heteroatoms. The predicted octanol–water partition coefficient (Wildman–Crippen LogP) is 1.45. The molecule has 1 N–H and O–H groups in total. The van der Waals surface area contributed by atoms with Crippen LogP contribution in [-0.4, -0.2) is 26.4 Å². The van der Waals surface area contributed by atoms with Crippen LogP contribution >= 0.6 is 11.6 Å². The minimum atomic E-state index is 0.388. The van der Waals surface area contributed by atoms with Crippen LogP contribution in [0.2, 0.25) is 0 Å². The molecule has 0 saturated heterocycles. The van der Waals surface area contributed by atoms with Gasteiger partial charge in [0, 0.05) is 31.2 Å². The van der Waals surface area contributed by atoms with Crippen molar-refractivity contribution in [2.45, 2.75) is 43.6 Å². The number of hydrogen-bond acceptors (Lipinski definition) is 3. The van der Waals surface area contributed by atoms with Crippen LogP contribution in [0.5, 0.6) is 0 Å². The monoisotopic (exact) mass is 228 g/mol. The van der Waals surface area contributed by atoms with Gasteiger partial charge in [0.05, 0.1) is 5.69 Å². The minimum Gasteiger partial charge on any atom is -0.308 e. The van der Waals surface area contributed by atoms with E-state index in [4.69, 9.17) is 11.6 Å². The van der Waals surface area contributed by atoms with Crippen LogP contribution in [0, 0.1) is 0 Å². The number of halogens is 1. The van der Waals surface area contributed by atoms with E-state index in [1.807, 2.05) is 13.2 Å². The molecule has 0 radical (unpaired) electrons. The van der Waals surface area contributed by atoms with Crippen molar-refractivity contribution in [2.24, 2.45) is 7.05 Å². The van der Waals surface area contributed by atoms with Gasteiger partial charge in [-0.05, 0) is 25.7 Å². The average Bonchev–Trinajstić information content (AvgIpc) is 2.64. The second-order valence-electron chi connectivity index (χ2n) is 4.21. The zero-order chi connectivity index (χ0) is 10.7. The first kappa shape index (κ1) is 10.9. The standard InChI is InChI=1S/C10H17ClN4/c1-15-7-10(13-14-15)6-12-9-4-2-8(11)3-5-9/h7-9,12H,2-6H2,1H3. The van der Waals surface area contributed by atoms with Gasteiger partial charge >= 0.3 is 0 Å². The van der Waals surface area contributed by atoms with Crippen molar-refractivity contribution in [1.29, 1.82) is 0 Å². The van der Waals surface area contributed by atoms with E-state index >= 15 is 0 Å². The summed E-state index contributed by atoms with van der Waals surface area (Å²) in [5.74, 6) is 0. The molecule has 0 unspecified atom stereocenters. The second-order valence-corrected chi connectivity index (χ2v) is 4.83. The third-order valence-electron chi connectivity index (χ3n) is 2.88. The molecule has 0 spiro atoms. The summed E-state index contributed by atoms with van der Waals surface area (Å²) in [5.41, 5.74) is 1.01. The van der Waals surface area contributed by atoms with Gasteiger partial charge in [0.15, 0.2) is 0 Å². The molecule has 0 aromatic carbocycles. The minimum absolute atomic E-state index is 0.388. The fourth-order valence-corrected chi connectivity index (χ4v) is 2.23. The molecule has 15 heavy (non-hydrogen) atoms. The summed E-state index contributed by atoms with van der Waals surface area (Å²) in [4.78, 5) is 0. The van der Waals surface area contributed by atoms with Gasteiger partial charge in [-0.15, -0.1) is 16.7 Å². The maximum Gasteiger partial charge on any atom is 0.0964 e. The Morgan fingerprint density at radius 3 is 2.80 bits per heavy atom. The molecule has 0 atom stereocenters. The fourth-order valence-electron chi connectivity index (χ4n) is 1.98. The lowest BCUT2D eigenvalue weighted by molar-refractivity contribution is 0.374. The lowest BCUT2D eigenvalue weighted by Gasteiger charge is -2.25. The van der Waals surface area contributed by atoms with Crippen molar-refractivity contribution >= 4 is 11.6 Å². The summed E-state index contributed by atoms with van der Waals surface area (Å²) < 4.78 is 1.73. The molecule has 2 rings (SSSR count). The SMILES string of the molecule is Cn1cc(CNC2CCC(Cl)CC2)nn1. The first-order chi connectivity index (χ1) is 7.24. The molecule has 1 aliphatic rings. The zero-order valence-electron chi connectivity index (χ0n) is 8.99. The van der Waals surface area contributed by atoms with Gasteiger partial charge in [0.25, 0.3) is 0 Å². The summed E-state index contributed by atoms with van der Waals surface area (Å²) in [6.07, 6.45) is 6.54. The number of alkyl halides is 1. The average molecular weight is 229 g/mol. The summed E-state index contributed by atoms with van der Waals surface area (Å²) in [6.45, 7) is 0.811. The number of nitrogens with one attached hydrogen (secondary N) is 1. The largest absolute Gasteiger partial charge is 0.308 e. The van der Waals surface area contributed by atoms with E-state index in [-0.39, 0.29) is 0 Å². The Kier molecular flexibility index (Phi) is 3.59. The second kappa shape index (κ2) is 4.94. The Labute approximate surface area is 95.0 Å². The molecule has 4 nitrogen and oxygen atoms in total. The van der Waals surface area contributed by atoms with Crippen LogP contribution in [0.25, 0.3) is 0 Å². The third kappa shape index (κ3) is 3.18. The number of aryl methyl sites for hydroxylation is 1. The van der Waals surface area contributed by atoms with E-state index in [1.165, 1.54) is 12.8 Å². The van der Waals surface area contributed by atoms with Crippen molar-refractivity contribution in [2.75, 3.05) is 0 Å². The predicted molar refractivity (Wildman–Crippen MR) is 59.7 cm³/mol. The van der Waals surface area contributed by atoms with Crippen molar-refractivity contribution < 1.29 is 0 Å². The Bertz CT molecular complexity index is 304. The van der Waals surface area contributed by atoms with Crippen LogP contribution in [0.4, 0.5) is 0 Å². The van der Waals surface area contributed by atoms with Crippen LogP contribution in [-0.2, 0) is 13.6 Å². The summed E-state index contributed by atoms with van der Waals surface area (Å²) in [5, 5.41) is 11.8. The van der Waals surface area contributed by atoms with E-state index in [0.29, 0.717) is 11.4 Å². The molecule has 1 aromatic heterocycles. The molecule has 1 heterocycles. The Morgan fingerprint density at radius 1 is 1.47 bits per heavy atom. The zero-order valence-corrected chi connectivity index (χ0v) is 9.74. The van der Waals surface area contributed by atoms with Crippen LogP contribution in [0.3, 0.4) is 0 Å². The Morgan fingerprint density at radius 2 is 2.20 bits per heavy atom. The number of rotatable bonds is 3. The van der Waals surface area contributed by atoms with Crippen molar-refractivity contribution in [3.63, 3.8) is 0 Å². The molecule has 1 aromatic rings. The van der Waals surface area contributed by atoms with E-state index in [2.05, 4.69) is 15.6 Å². The molecule has 0 amide bonds. The molecular formula is C10H17ClN4. The first-order valence-electron chi connectivity index (χ1n) is 5.46. The fraction of sp³-hybridized carbons (Fsp3) is 0.800. The van der Waals surface area contributed by atoms with Gasteiger partial charge in [0.1, 0.15) is 0 Å². The van der Waals surface area contributed by atoms with E-state index in [1.54, 1.807) is 4.68 Å². The van der Waals surface area contributed by atoms with Gasteiger partial charge in [-0.1, -0.05) is 5.21 Å². The highest BCUT2D eigenvalue weighted by Gasteiger charge is 2.18. The number of hydrogen-bond donors (Lipinski definition) is 1. The highest BCUT2D eigenvalue weighted by atomic mass is 35.5. The van der Waals surface area contributed by atoms with Crippen LogP contribution < -0.4 is 5.32 Å². The molecule has 0 aliphatic heterocycles. The molecule has 0 bridgehead atoms. The van der Waals surface area contributed by atoms with Crippen molar-refractivity contribution in [1.82, 2.24) is 20.3 Å². The Hall–Kier alpha value is -0.610. The molecule has 1 saturated carbocycles. The first-order valence-corrected chi connectivity index (χ1v) is 5.90. The lowest BCUT2D eigenvalue weighted by Crippen LogP contribution is -2.33. The molecule has 1 fully saturated rings. The van der Waals surface area contributed by atoms with Crippen LogP contribution in [0.1, 0.15) is 31.4 Å². The highest BCUT2D eigenvalue weighted by molar-refractivity contribution is 6.20. The highest BCUT2D eigenvalue weighted by Crippen LogP contribution is 2.22.